The molecule has 1 saturated heterocycles. The summed E-state index contributed by atoms with van der Waals surface area (Å²) in [5, 5.41) is 5.22. The SMILES string of the molecule is Cc1ncc(-c2ccc3cnc(NC(=O)[C@H]4CC[C@H](CN5CCN(C)CC5)CC4)cc3c2)n1C. The molecule has 7 heteroatoms. The van der Waals surface area contributed by atoms with Crippen LogP contribution in [0.5, 0.6) is 0 Å². The number of likely N-dealkylation sites (N-methyl/N-ethyl adjacent to an activating group) is 1. The van der Waals surface area contributed by atoms with Gasteiger partial charge in [0, 0.05) is 62.8 Å². The van der Waals surface area contributed by atoms with Gasteiger partial charge in [-0.05, 0) is 63.1 Å². The van der Waals surface area contributed by atoms with Gasteiger partial charge in [0.15, 0.2) is 0 Å². The highest BCUT2D eigenvalue weighted by Gasteiger charge is 2.28. The molecule has 2 aliphatic rings. The fraction of sp³-hybridized carbons (Fsp3) is 0.519. The van der Waals surface area contributed by atoms with Crippen molar-refractivity contribution in [1.29, 1.82) is 0 Å². The number of benzene rings is 1. The second-order valence-corrected chi connectivity index (χ2v) is 10.2. The first kappa shape index (κ1) is 23.0. The van der Waals surface area contributed by atoms with Crippen molar-refractivity contribution in [1.82, 2.24) is 24.3 Å². The smallest absolute Gasteiger partial charge is 0.228 e. The number of pyridine rings is 1. The Hall–Kier alpha value is -2.77. The van der Waals surface area contributed by atoms with E-state index in [1.165, 1.54) is 32.7 Å². The molecule has 1 aliphatic heterocycles. The van der Waals surface area contributed by atoms with Crippen molar-refractivity contribution in [3.8, 4) is 11.3 Å². The standard InChI is InChI=1S/C27H36N6O/c1-19-28-17-25(32(19)3)22-8-9-23-16-29-26(15-24(23)14-22)30-27(34)21-6-4-20(5-7-21)18-33-12-10-31(2)11-13-33/h8-9,14-17,20-21H,4-7,10-13,18H2,1-3H3,(H,29,30,34)/t20-,21-. The third-order valence-electron chi connectivity index (χ3n) is 7.82. The van der Waals surface area contributed by atoms with Gasteiger partial charge in [-0.2, -0.15) is 0 Å². The molecule has 0 spiro atoms. The molecule has 0 atom stereocenters. The molecule has 1 aromatic carbocycles. The van der Waals surface area contributed by atoms with E-state index in [9.17, 15) is 4.79 Å². The number of fused-ring (bicyclic) bond motifs is 1. The topological polar surface area (TPSA) is 66.3 Å². The highest BCUT2D eigenvalue weighted by atomic mass is 16.1. The van der Waals surface area contributed by atoms with E-state index >= 15 is 0 Å². The maximum atomic E-state index is 13.0. The van der Waals surface area contributed by atoms with Gasteiger partial charge < -0.3 is 19.7 Å². The molecule has 0 radical (unpaired) electrons. The number of carbonyl (C=O) groups excluding carboxylic acids is 1. The summed E-state index contributed by atoms with van der Waals surface area (Å²) in [6.45, 7) is 7.87. The number of piperazine rings is 1. The lowest BCUT2D eigenvalue weighted by Gasteiger charge is -2.36. The number of nitrogens with zero attached hydrogens (tertiary/aromatic N) is 5. The molecule has 2 fully saturated rings. The van der Waals surface area contributed by atoms with Gasteiger partial charge in [-0.15, -0.1) is 0 Å². The molecule has 3 aromatic rings. The van der Waals surface area contributed by atoms with Crippen LogP contribution in [0.15, 0.2) is 36.7 Å². The fourth-order valence-electron chi connectivity index (χ4n) is 5.37. The highest BCUT2D eigenvalue weighted by molar-refractivity contribution is 5.95. The summed E-state index contributed by atoms with van der Waals surface area (Å²) < 4.78 is 2.09. The van der Waals surface area contributed by atoms with Crippen molar-refractivity contribution in [3.05, 3.63) is 42.5 Å². The summed E-state index contributed by atoms with van der Waals surface area (Å²) in [6.07, 6.45) is 7.98. The number of amides is 1. The van der Waals surface area contributed by atoms with Gasteiger partial charge in [0.05, 0.1) is 11.9 Å². The number of imidazole rings is 1. The van der Waals surface area contributed by atoms with E-state index in [0.717, 1.165) is 59.5 Å². The summed E-state index contributed by atoms with van der Waals surface area (Å²) in [4.78, 5) is 26.9. The average molecular weight is 461 g/mol. The molecular weight excluding hydrogens is 424 g/mol. The molecule has 1 N–H and O–H groups in total. The molecule has 0 unspecified atom stereocenters. The lowest BCUT2D eigenvalue weighted by atomic mass is 9.81. The van der Waals surface area contributed by atoms with E-state index in [1.54, 1.807) is 0 Å². The summed E-state index contributed by atoms with van der Waals surface area (Å²) in [6, 6.07) is 8.30. The Labute approximate surface area is 202 Å². The minimum Gasteiger partial charge on any atom is -0.331 e. The lowest BCUT2D eigenvalue weighted by molar-refractivity contribution is -0.121. The van der Waals surface area contributed by atoms with Gasteiger partial charge in [-0.1, -0.05) is 12.1 Å². The molecule has 1 saturated carbocycles. The van der Waals surface area contributed by atoms with Crippen molar-refractivity contribution in [3.63, 3.8) is 0 Å². The number of carbonyl (C=O) groups is 1. The number of rotatable bonds is 5. The summed E-state index contributed by atoms with van der Waals surface area (Å²) in [7, 11) is 4.23. The number of hydrogen-bond acceptors (Lipinski definition) is 5. The van der Waals surface area contributed by atoms with Crippen LogP contribution >= 0.6 is 0 Å². The van der Waals surface area contributed by atoms with Gasteiger partial charge in [-0.25, -0.2) is 9.97 Å². The van der Waals surface area contributed by atoms with E-state index in [1.807, 2.05) is 32.4 Å². The summed E-state index contributed by atoms with van der Waals surface area (Å²) in [5.74, 6) is 2.54. The molecule has 5 rings (SSSR count). The van der Waals surface area contributed by atoms with Gasteiger partial charge in [-0.3, -0.25) is 4.79 Å². The lowest BCUT2D eigenvalue weighted by Crippen LogP contribution is -2.46. The minimum atomic E-state index is 0.0880. The normalized spacial score (nSPS) is 22.2. The first-order valence-electron chi connectivity index (χ1n) is 12.6. The largest absolute Gasteiger partial charge is 0.331 e. The van der Waals surface area contributed by atoms with Gasteiger partial charge >= 0.3 is 0 Å². The third kappa shape index (κ3) is 5.00. The van der Waals surface area contributed by atoms with Crippen LogP contribution < -0.4 is 5.32 Å². The molecule has 180 valence electrons. The molecule has 1 amide bonds. The molecule has 2 aromatic heterocycles. The Morgan fingerprint density at radius 3 is 2.44 bits per heavy atom. The van der Waals surface area contributed by atoms with Gasteiger partial charge in [0.2, 0.25) is 5.91 Å². The van der Waals surface area contributed by atoms with E-state index in [4.69, 9.17) is 0 Å². The maximum absolute atomic E-state index is 13.0. The maximum Gasteiger partial charge on any atom is 0.228 e. The Bertz CT molecular complexity index is 1160. The Balaban J connectivity index is 1.19. The predicted molar refractivity (Wildman–Crippen MR) is 137 cm³/mol. The van der Waals surface area contributed by atoms with Crippen molar-refractivity contribution in [2.24, 2.45) is 18.9 Å². The van der Waals surface area contributed by atoms with E-state index < -0.39 is 0 Å². The van der Waals surface area contributed by atoms with Crippen LogP contribution in [-0.4, -0.2) is 70.0 Å². The van der Waals surface area contributed by atoms with Crippen LogP contribution in [0.2, 0.25) is 0 Å². The van der Waals surface area contributed by atoms with E-state index in [0.29, 0.717) is 5.82 Å². The fourth-order valence-corrected chi connectivity index (χ4v) is 5.37. The minimum absolute atomic E-state index is 0.0880. The van der Waals surface area contributed by atoms with Crippen LogP contribution in [0.3, 0.4) is 0 Å². The number of nitrogens with one attached hydrogen (secondary N) is 1. The number of aryl methyl sites for hydroxylation is 1. The molecule has 3 heterocycles. The quantitative estimate of drug-likeness (QED) is 0.625. The van der Waals surface area contributed by atoms with E-state index in [-0.39, 0.29) is 11.8 Å². The zero-order valence-electron chi connectivity index (χ0n) is 20.6. The number of hydrogen-bond donors (Lipinski definition) is 1. The first-order valence-corrected chi connectivity index (χ1v) is 12.6. The summed E-state index contributed by atoms with van der Waals surface area (Å²) >= 11 is 0. The highest BCUT2D eigenvalue weighted by Crippen LogP contribution is 2.31. The van der Waals surface area contributed by atoms with Crippen molar-refractivity contribution < 1.29 is 4.79 Å². The van der Waals surface area contributed by atoms with Crippen LogP contribution in [0, 0.1) is 18.8 Å². The van der Waals surface area contributed by atoms with Crippen molar-refractivity contribution in [2.45, 2.75) is 32.6 Å². The molecule has 1 aliphatic carbocycles. The molecule has 34 heavy (non-hydrogen) atoms. The van der Waals surface area contributed by atoms with Crippen LogP contribution in [0.1, 0.15) is 31.5 Å². The Morgan fingerprint density at radius 2 is 1.74 bits per heavy atom. The molecule has 0 bridgehead atoms. The van der Waals surface area contributed by atoms with Crippen LogP contribution in [0.4, 0.5) is 5.82 Å². The Morgan fingerprint density at radius 1 is 0.971 bits per heavy atom. The Kier molecular flexibility index (Phi) is 6.66. The van der Waals surface area contributed by atoms with Crippen molar-refractivity contribution in [2.75, 3.05) is 45.1 Å². The summed E-state index contributed by atoms with van der Waals surface area (Å²) in [5.41, 5.74) is 2.19. The molecule has 7 nitrogen and oxygen atoms in total. The van der Waals surface area contributed by atoms with E-state index in [2.05, 4.69) is 54.9 Å². The van der Waals surface area contributed by atoms with Gasteiger partial charge in [0.1, 0.15) is 11.6 Å². The second kappa shape index (κ2) is 9.84. The van der Waals surface area contributed by atoms with Crippen molar-refractivity contribution >= 4 is 22.5 Å². The molecular formula is C27H36N6O. The van der Waals surface area contributed by atoms with Crippen LogP contribution in [-0.2, 0) is 11.8 Å². The third-order valence-corrected chi connectivity index (χ3v) is 7.82. The predicted octanol–water partition coefficient (Wildman–Crippen LogP) is 3.94. The number of anilines is 1. The average Bonchev–Trinajstić information content (AvgIpc) is 3.18. The van der Waals surface area contributed by atoms with Gasteiger partial charge in [0.25, 0.3) is 0 Å². The number of aromatic nitrogens is 3. The second-order valence-electron chi connectivity index (χ2n) is 10.2. The monoisotopic (exact) mass is 460 g/mol. The first-order chi connectivity index (χ1) is 16.5. The zero-order valence-corrected chi connectivity index (χ0v) is 20.6. The van der Waals surface area contributed by atoms with Crippen LogP contribution in [0.25, 0.3) is 22.0 Å². The zero-order chi connectivity index (χ0) is 23.7.